The van der Waals surface area contributed by atoms with Gasteiger partial charge in [0.15, 0.2) is 0 Å². The van der Waals surface area contributed by atoms with Gasteiger partial charge in [0.1, 0.15) is 11.6 Å². The molecular formula is C21H27FN4O2. The molecule has 0 bridgehead atoms. The van der Waals surface area contributed by atoms with E-state index in [-0.39, 0.29) is 11.7 Å². The van der Waals surface area contributed by atoms with Gasteiger partial charge < -0.3 is 9.64 Å². The van der Waals surface area contributed by atoms with Crippen molar-refractivity contribution >= 4 is 5.91 Å². The van der Waals surface area contributed by atoms with Gasteiger partial charge in [-0.2, -0.15) is 5.10 Å². The fourth-order valence-corrected chi connectivity index (χ4v) is 4.26. The van der Waals surface area contributed by atoms with E-state index in [1.54, 1.807) is 18.3 Å². The molecule has 2 aromatic rings. The van der Waals surface area contributed by atoms with Crippen molar-refractivity contribution in [2.24, 2.45) is 5.92 Å². The average molecular weight is 386 g/mol. The van der Waals surface area contributed by atoms with E-state index in [1.165, 1.54) is 13.2 Å². The van der Waals surface area contributed by atoms with Gasteiger partial charge in [-0.15, -0.1) is 0 Å². The van der Waals surface area contributed by atoms with E-state index in [1.807, 2.05) is 4.90 Å². The van der Waals surface area contributed by atoms with Gasteiger partial charge in [-0.25, -0.2) is 4.39 Å². The van der Waals surface area contributed by atoms with Crippen LogP contribution in [0.4, 0.5) is 4.39 Å². The topological polar surface area (TPSA) is 61.5 Å². The molecule has 0 spiro atoms. The molecule has 1 aromatic heterocycles. The summed E-state index contributed by atoms with van der Waals surface area (Å²) in [5.41, 5.74) is 2.16. The first kappa shape index (κ1) is 18.9. The first-order valence-electron chi connectivity index (χ1n) is 10.0. The molecule has 0 unspecified atom stereocenters. The van der Waals surface area contributed by atoms with E-state index in [9.17, 15) is 9.18 Å². The quantitative estimate of drug-likeness (QED) is 0.858. The van der Waals surface area contributed by atoms with Crippen LogP contribution in [0.3, 0.4) is 0 Å². The summed E-state index contributed by atoms with van der Waals surface area (Å²) in [5.74, 6) is 0.644. The van der Waals surface area contributed by atoms with E-state index < -0.39 is 0 Å². The molecule has 2 aliphatic heterocycles. The number of carbonyl (C=O) groups excluding carboxylic acids is 1. The molecule has 0 aliphatic carbocycles. The van der Waals surface area contributed by atoms with Crippen LogP contribution in [0.5, 0.6) is 5.75 Å². The molecular weight excluding hydrogens is 359 g/mol. The second-order valence-electron chi connectivity index (χ2n) is 7.70. The number of aromatic amines is 1. The first-order chi connectivity index (χ1) is 13.7. The predicted octanol–water partition coefficient (Wildman–Crippen LogP) is 3.06. The normalized spacial score (nSPS) is 18.6. The lowest BCUT2D eigenvalue weighted by Gasteiger charge is -2.33. The van der Waals surface area contributed by atoms with Crippen molar-refractivity contribution in [2.45, 2.75) is 32.2 Å². The maximum atomic E-state index is 14.5. The van der Waals surface area contributed by atoms with Gasteiger partial charge in [-0.05, 0) is 50.9 Å². The number of ether oxygens (including phenoxy) is 1. The first-order valence-corrected chi connectivity index (χ1v) is 10.0. The van der Waals surface area contributed by atoms with Gasteiger partial charge in [-0.1, -0.05) is 0 Å². The fraction of sp³-hybridized carbons (Fsp3) is 0.524. The SMILES string of the molecule is COc1ccc(-c2[nH]ncc2CN2CCC(C(=O)N3CCCC3)CC2)c(F)c1. The third-order valence-corrected chi connectivity index (χ3v) is 5.91. The molecule has 0 radical (unpaired) electrons. The lowest BCUT2D eigenvalue weighted by Crippen LogP contribution is -2.41. The second kappa shape index (κ2) is 8.31. The number of carbonyl (C=O) groups is 1. The number of piperidine rings is 1. The zero-order valence-corrected chi connectivity index (χ0v) is 16.3. The smallest absolute Gasteiger partial charge is 0.225 e. The van der Waals surface area contributed by atoms with Gasteiger partial charge >= 0.3 is 0 Å². The molecule has 6 nitrogen and oxygen atoms in total. The molecule has 1 N–H and O–H groups in total. The van der Waals surface area contributed by atoms with Crippen molar-refractivity contribution in [3.8, 4) is 17.0 Å². The third-order valence-electron chi connectivity index (χ3n) is 5.91. The van der Waals surface area contributed by atoms with E-state index >= 15 is 0 Å². The molecule has 0 saturated carbocycles. The number of amides is 1. The number of nitrogens with one attached hydrogen (secondary N) is 1. The Bertz CT molecular complexity index is 824. The minimum absolute atomic E-state index is 0.150. The van der Waals surface area contributed by atoms with Crippen molar-refractivity contribution in [1.29, 1.82) is 0 Å². The lowest BCUT2D eigenvalue weighted by molar-refractivity contribution is -0.136. The summed E-state index contributed by atoms with van der Waals surface area (Å²) < 4.78 is 19.5. The monoisotopic (exact) mass is 386 g/mol. The summed E-state index contributed by atoms with van der Waals surface area (Å²) in [5, 5.41) is 7.07. The average Bonchev–Trinajstić information content (AvgIpc) is 3.40. The predicted molar refractivity (Wildman–Crippen MR) is 104 cm³/mol. The standard InChI is InChI=1S/C21H27FN4O2/c1-28-17-4-5-18(19(22)12-17)20-16(13-23-24-20)14-25-10-6-15(7-11-25)21(27)26-8-2-3-9-26/h4-5,12-13,15H,2-3,6-11,14H2,1H3,(H,23,24). The number of nitrogens with zero attached hydrogens (tertiary/aromatic N) is 3. The Morgan fingerprint density at radius 2 is 2.00 bits per heavy atom. The summed E-state index contributed by atoms with van der Waals surface area (Å²) >= 11 is 0. The Balaban J connectivity index is 1.39. The van der Waals surface area contributed by atoms with Gasteiger partial charge in [0.2, 0.25) is 5.91 Å². The van der Waals surface area contributed by atoms with E-state index in [4.69, 9.17) is 4.74 Å². The number of methoxy groups -OCH3 is 1. The van der Waals surface area contributed by atoms with Gasteiger partial charge in [-0.3, -0.25) is 14.8 Å². The van der Waals surface area contributed by atoms with Crippen molar-refractivity contribution in [2.75, 3.05) is 33.3 Å². The molecule has 0 atom stereocenters. The maximum absolute atomic E-state index is 14.5. The number of benzene rings is 1. The van der Waals surface area contributed by atoms with Crippen molar-refractivity contribution in [3.05, 3.63) is 35.8 Å². The second-order valence-corrected chi connectivity index (χ2v) is 7.70. The molecule has 2 fully saturated rings. The molecule has 28 heavy (non-hydrogen) atoms. The van der Waals surface area contributed by atoms with E-state index in [0.29, 0.717) is 29.5 Å². The van der Waals surface area contributed by atoms with Crippen LogP contribution < -0.4 is 4.74 Å². The highest BCUT2D eigenvalue weighted by atomic mass is 19.1. The Labute approximate surface area is 164 Å². The van der Waals surface area contributed by atoms with Crippen LogP contribution in [0.15, 0.2) is 24.4 Å². The Kier molecular flexibility index (Phi) is 5.62. The van der Waals surface area contributed by atoms with Crippen LogP contribution >= 0.6 is 0 Å². The Morgan fingerprint density at radius 3 is 2.68 bits per heavy atom. The van der Waals surface area contributed by atoms with E-state index in [2.05, 4.69) is 15.1 Å². The minimum atomic E-state index is -0.334. The number of rotatable bonds is 5. The zero-order valence-electron chi connectivity index (χ0n) is 16.3. The summed E-state index contributed by atoms with van der Waals surface area (Å²) in [7, 11) is 1.52. The summed E-state index contributed by atoms with van der Waals surface area (Å²) in [6.45, 7) is 4.29. The van der Waals surface area contributed by atoms with Crippen molar-refractivity contribution in [1.82, 2.24) is 20.0 Å². The highest BCUT2D eigenvalue weighted by Gasteiger charge is 2.30. The number of likely N-dealkylation sites (tertiary alicyclic amines) is 2. The fourth-order valence-electron chi connectivity index (χ4n) is 4.26. The largest absolute Gasteiger partial charge is 0.497 e. The van der Waals surface area contributed by atoms with Crippen LogP contribution in [0.2, 0.25) is 0 Å². The van der Waals surface area contributed by atoms with Crippen LogP contribution in [0.1, 0.15) is 31.2 Å². The Hall–Kier alpha value is -2.41. The highest BCUT2D eigenvalue weighted by molar-refractivity contribution is 5.79. The minimum Gasteiger partial charge on any atom is -0.497 e. The molecule has 1 aromatic carbocycles. The molecule has 2 saturated heterocycles. The summed E-state index contributed by atoms with van der Waals surface area (Å²) in [6.07, 6.45) is 5.81. The molecule has 2 aliphatic rings. The van der Waals surface area contributed by atoms with Crippen molar-refractivity contribution in [3.63, 3.8) is 0 Å². The maximum Gasteiger partial charge on any atom is 0.225 e. The highest BCUT2D eigenvalue weighted by Crippen LogP contribution is 2.29. The molecule has 150 valence electrons. The van der Waals surface area contributed by atoms with Gasteiger partial charge in [0.05, 0.1) is 19.0 Å². The van der Waals surface area contributed by atoms with Crippen LogP contribution in [0, 0.1) is 11.7 Å². The van der Waals surface area contributed by atoms with Crippen molar-refractivity contribution < 1.29 is 13.9 Å². The molecule has 1 amide bonds. The van der Waals surface area contributed by atoms with Crippen LogP contribution in [-0.2, 0) is 11.3 Å². The van der Waals surface area contributed by atoms with Crippen LogP contribution in [-0.4, -0.2) is 59.2 Å². The number of H-pyrrole nitrogens is 1. The van der Waals surface area contributed by atoms with Crippen LogP contribution in [0.25, 0.3) is 11.3 Å². The third kappa shape index (κ3) is 3.90. The summed E-state index contributed by atoms with van der Waals surface area (Å²) in [6, 6.07) is 4.85. The molecule has 7 heteroatoms. The lowest BCUT2D eigenvalue weighted by atomic mass is 9.95. The van der Waals surface area contributed by atoms with E-state index in [0.717, 1.165) is 57.4 Å². The van der Waals surface area contributed by atoms with Gasteiger partial charge in [0.25, 0.3) is 0 Å². The molecule has 3 heterocycles. The number of aromatic nitrogens is 2. The zero-order chi connectivity index (χ0) is 19.5. The number of hydrogen-bond acceptors (Lipinski definition) is 4. The van der Waals surface area contributed by atoms with Gasteiger partial charge in [0, 0.05) is 42.7 Å². The number of halogens is 1. The number of hydrogen-bond donors (Lipinski definition) is 1. The molecule has 4 rings (SSSR count). The summed E-state index contributed by atoms with van der Waals surface area (Å²) in [4.78, 5) is 16.9. The Morgan fingerprint density at radius 1 is 1.25 bits per heavy atom.